The van der Waals surface area contributed by atoms with Gasteiger partial charge in [0.15, 0.2) is 0 Å². The number of allylic oxidation sites excluding steroid dienone is 1. The van der Waals surface area contributed by atoms with E-state index in [1.807, 2.05) is 35.2 Å². The molecular formula is C24H24ClNO2. The molecular weight excluding hydrogens is 370 g/mol. The molecule has 0 saturated carbocycles. The second-order valence-corrected chi connectivity index (χ2v) is 8.10. The molecule has 28 heavy (non-hydrogen) atoms. The molecule has 1 heterocycles. The van der Waals surface area contributed by atoms with Crippen molar-refractivity contribution in [2.45, 2.75) is 26.9 Å². The molecule has 0 bridgehead atoms. The van der Waals surface area contributed by atoms with Crippen LogP contribution in [0.4, 0.5) is 0 Å². The summed E-state index contributed by atoms with van der Waals surface area (Å²) in [7, 11) is 0. The Hall–Kier alpha value is -2.54. The van der Waals surface area contributed by atoms with E-state index >= 15 is 0 Å². The van der Waals surface area contributed by atoms with E-state index in [2.05, 4.69) is 25.7 Å². The van der Waals surface area contributed by atoms with E-state index in [-0.39, 0.29) is 17.9 Å². The Labute approximate surface area is 171 Å². The minimum Gasteiger partial charge on any atom is -0.392 e. The summed E-state index contributed by atoms with van der Waals surface area (Å²) < 4.78 is 0. The van der Waals surface area contributed by atoms with Crippen LogP contribution in [0.2, 0.25) is 5.02 Å². The Morgan fingerprint density at radius 2 is 2.04 bits per heavy atom. The largest absolute Gasteiger partial charge is 0.392 e. The molecule has 3 rings (SSSR count). The van der Waals surface area contributed by atoms with Crippen molar-refractivity contribution in [3.05, 3.63) is 81.9 Å². The average Bonchev–Trinajstić information content (AvgIpc) is 2.68. The minimum atomic E-state index is -0.145. The number of hydrogen-bond donors (Lipinski definition) is 1. The van der Waals surface area contributed by atoms with Crippen molar-refractivity contribution < 1.29 is 9.90 Å². The number of rotatable bonds is 2. The van der Waals surface area contributed by atoms with E-state index in [1.54, 1.807) is 24.3 Å². The standard InChI is InChI=1S/C24H24ClNO2/c1-24(2)17-26(23(28)20-9-5-11-22(25)15-20)13-12-21(24)10-4-7-18-6-3-8-19(14-18)16-27/h3,5-6,8-11,14-15,27H,12-13,16-17H2,1-2H3/b21-10+. The van der Waals surface area contributed by atoms with E-state index in [4.69, 9.17) is 11.6 Å². The van der Waals surface area contributed by atoms with Crippen LogP contribution in [-0.2, 0) is 6.61 Å². The third-order valence-corrected chi connectivity index (χ3v) is 5.27. The molecule has 2 aromatic carbocycles. The summed E-state index contributed by atoms with van der Waals surface area (Å²) in [5.41, 5.74) is 3.46. The maximum absolute atomic E-state index is 12.8. The summed E-state index contributed by atoms with van der Waals surface area (Å²) in [4.78, 5) is 14.7. The van der Waals surface area contributed by atoms with Crippen molar-refractivity contribution in [3.8, 4) is 11.8 Å². The number of benzene rings is 2. The molecule has 0 spiro atoms. The summed E-state index contributed by atoms with van der Waals surface area (Å²) in [5.74, 6) is 6.30. The first-order valence-electron chi connectivity index (χ1n) is 9.35. The fourth-order valence-electron chi connectivity index (χ4n) is 3.45. The van der Waals surface area contributed by atoms with Crippen LogP contribution in [0.25, 0.3) is 0 Å². The number of aliphatic hydroxyl groups is 1. The Kier molecular flexibility index (Phi) is 6.24. The third-order valence-electron chi connectivity index (χ3n) is 5.04. The first-order valence-corrected chi connectivity index (χ1v) is 9.72. The van der Waals surface area contributed by atoms with E-state index in [9.17, 15) is 9.90 Å². The first kappa shape index (κ1) is 20.2. The third kappa shape index (κ3) is 4.84. The van der Waals surface area contributed by atoms with Crippen LogP contribution in [0.1, 0.15) is 41.8 Å². The first-order chi connectivity index (χ1) is 13.4. The summed E-state index contributed by atoms with van der Waals surface area (Å²) >= 11 is 6.02. The number of piperidine rings is 1. The Morgan fingerprint density at radius 3 is 2.75 bits per heavy atom. The molecule has 0 aromatic heterocycles. The molecule has 1 aliphatic rings. The highest BCUT2D eigenvalue weighted by atomic mass is 35.5. The average molecular weight is 394 g/mol. The van der Waals surface area contributed by atoms with E-state index < -0.39 is 0 Å². The number of nitrogens with zero attached hydrogens (tertiary/aromatic N) is 1. The van der Waals surface area contributed by atoms with Crippen LogP contribution in [0.15, 0.2) is 60.2 Å². The van der Waals surface area contributed by atoms with Crippen LogP contribution >= 0.6 is 11.6 Å². The normalized spacial score (nSPS) is 17.1. The topological polar surface area (TPSA) is 40.5 Å². The number of amides is 1. The van der Waals surface area contributed by atoms with Gasteiger partial charge in [-0.2, -0.15) is 0 Å². The van der Waals surface area contributed by atoms with Gasteiger partial charge in [0.2, 0.25) is 0 Å². The van der Waals surface area contributed by atoms with Crippen LogP contribution in [0.3, 0.4) is 0 Å². The molecule has 0 atom stereocenters. The Balaban J connectivity index is 1.72. The van der Waals surface area contributed by atoms with Gasteiger partial charge in [-0.1, -0.05) is 61.1 Å². The van der Waals surface area contributed by atoms with E-state index in [1.165, 1.54) is 5.57 Å². The van der Waals surface area contributed by atoms with Gasteiger partial charge in [0.25, 0.3) is 5.91 Å². The van der Waals surface area contributed by atoms with Gasteiger partial charge in [0.05, 0.1) is 6.61 Å². The SMILES string of the molecule is CC1(C)CN(C(=O)c2cccc(Cl)c2)CC/C1=C\C#Cc1cccc(CO)c1. The van der Waals surface area contributed by atoms with Crippen LogP contribution < -0.4 is 0 Å². The summed E-state index contributed by atoms with van der Waals surface area (Å²) in [6.45, 7) is 5.61. The number of halogens is 1. The summed E-state index contributed by atoms with van der Waals surface area (Å²) in [6, 6.07) is 14.7. The zero-order valence-corrected chi connectivity index (χ0v) is 17.0. The van der Waals surface area contributed by atoms with Crippen LogP contribution in [0, 0.1) is 17.3 Å². The number of likely N-dealkylation sites (tertiary alicyclic amines) is 1. The van der Waals surface area contributed by atoms with Gasteiger partial charge in [-0.3, -0.25) is 4.79 Å². The number of carbonyl (C=O) groups is 1. The van der Waals surface area contributed by atoms with E-state index in [0.717, 1.165) is 17.5 Å². The Bertz CT molecular complexity index is 966. The second-order valence-electron chi connectivity index (χ2n) is 7.67. The highest BCUT2D eigenvalue weighted by Gasteiger charge is 2.33. The van der Waals surface area contributed by atoms with Crippen molar-refractivity contribution in [1.82, 2.24) is 4.90 Å². The Morgan fingerprint density at radius 1 is 1.25 bits per heavy atom. The lowest BCUT2D eigenvalue weighted by atomic mass is 9.78. The van der Waals surface area contributed by atoms with Gasteiger partial charge >= 0.3 is 0 Å². The van der Waals surface area contributed by atoms with Gasteiger partial charge in [0, 0.05) is 34.7 Å². The molecule has 1 saturated heterocycles. The van der Waals surface area contributed by atoms with Crippen LogP contribution in [-0.4, -0.2) is 29.0 Å². The zero-order chi connectivity index (χ0) is 20.1. The molecule has 0 radical (unpaired) electrons. The highest BCUT2D eigenvalue weighted by Crippen LogP contribution is 2.34. The molecule has 3 nitrogen and oxygen atoms in total. The number of hydrogen-bond acceptors (Lipinski definition) is 2. The van der Waals surface area contributed by atoms with E-state index in [0.29, 0.717) is 23.7 Å². The van der Waals surface area contributed by atoms with Crippen molar-refractivity contribution in [2.24, 2.45) is 5.41 Å². The molecule has 0 aliphatic carbocycles. The van der Waals surface area contributed by atoms with Crippen molar-refractivity contribution in [1.29, 1.82) is 0 Å². The molecule has 1 fully saturated rings. The van der Waals surface area contributed by atoms with Crippen molar-refractivity contribution >= 4 is 17.5 Å². The lowest BCUT2D eigenvalue weighted by Crippen LogP contribution is -2.44. The van der Waals surface area contributed by atoms with Gasteiger partial charge in [-0.05, 0) is 48.4 Å². The fraction of sp³-hybridized carbons (Fsp3) is 0.292. The molecule has 1 aliphatic heterocycles. The van der Waals surface area contributed by atoms with Gasteiger partial charge in [0.1, 0.15) is 0 Å². The highest BCUT2D eigenvalue weighted by molar-refractivity contribution is 6.30. The maximum atomic E-state index is 12.8. The lowest BCUT2D eigenvalue weighted by Gasteiger charge is -2.40. The van der Waals surface area contributed by atoms with Crippen molar-refractivity contribution in [2.75, 3.05) is 13.1 Å². The van der Waals surface area contributed by atoms with Crippen molar-refractivity contribution in [3.63, 3.8) is 0 Å². The lowest BCUT2D eigenvalue weighted by molar-refractivity contribution is 0.0663. The van der Waals surface area contributed by atoms with Gasteiger partial charge in [-0.15, -0.1) is 0 Å². The summed E-state index contributed by atoms with van der Waals surface area (Å²) in [5, 5.41) is 9.80. The smallest absolute Gasteiger partial charge is 0.253 e. The predicted molar refractivity (Wildman–Crippen MR) is 113 cm³/mol. The molecule has 2 aromatic rings. The molecule has 144 valence electrons. The molecule has 0 unspecified atom stereocenters. The molecule has 1 N–H and O–H groups in total. The molecule has 4 heteroatoms. The monoisotopic (exact) mass is 393 g/mol. The quantitative estimate of drug-likeness (QED) is 0.752. The summed E-state index contributed by atoms with van der Waals surface area (Å²) in [6.07, 6.45) is 2.78. The van der Waals surface area contributed by atoms with Crippen LogP contribution in [0.5, 0.6) is 0 Å². The maximum Gasteiger partial charge on any atom is 0.253 e. The molecule has 1 amide bonds. The zero-order valence-electron chi connectivity index (χ0n) is 16.2. The number of aliphatic hydroxyl groups excluding tert-OH is 1. The van der Waals surface area contributed by atoms with Gasteiger partial charge in [-0.25, -0.2) is 0 Å². The fourth-order valence-corrected chi connectivity index (χ4v) is 3.64. The second kappa shape index (κ2) is 8.65. The number of carbonyl (C=O) groups excluding carboxylic acids is 1. The predicted octanol–water partition coefficient (Wildman–Crippen LogP) is 4.68. The minimum absolute atomic E-state index is 0.0140. The van der Waals surface area contributed by atoms with Gasteiger partial charge < -0.3 is 10.0 Å².